The summed E-state index contributed by atoms with van der Waals surface area (Å²) in [5.41, 5.74) is 6.25. The van der Waals surface area contributed by atoms with Crippen molar-refractivity contribution in [2.45, 2.75) is 19.4 Å². The second-order valence-corrected chi connectivity index (χ2v) is 3.71. The van der Waals surface area contributed by atoms with E-state index in [9.17, 15) is 4.39 Å². The van der Waals surface area contributed by atoms with Crippen LogP contribution in [0.4, 0.5) is 10.1 Å². The van der Waals surface area contributed by atoms with Crippen molar-refractivity contribution in [2.75, 3.05) is 11.9 Å². The zero-order valence-corrected chi connectivity index (χ0v) is 7.84. The smallest absolute Gasteiger partial charge is 0.212 e. The normalized spacial score (nSPS) is 11.4. The summed E-state index contributed by atoms with van der Waals surface area (Å²) in [5, 5.41) is 3.06. The predicted molar refractivity (Wildman–Crippen MR) is 51.0 cm³/mol. The van der Waals surface area contributed by atoms with E-state index in [0.717, 1.165) is 5.69 Å². The minimum absolute atomic E-state index is 0.283. The Kier molecular flexibility index (Phi) is 2.83. The molecule has 4 heteroatoms. The molecule has 0 saturated heterocycles. The summed E-state index contributed by atoms with van der Waals surface area (Å²) in [7, 11) is 0. The highest BCUT2D eigenvalue weighted by Crippen LogP contribution is 2.06. The quantitative estimate of drug-likeness (QED) is 0.696. The van der Waals surface area contributed by atoms with Crippen molar-refractivity contribution in [2.24, 2.45) is 5.73 Å². The summed E-state index contributed by atoms with van der Waals surface area (Å²) in [6.07, 6.45) is 1.45. The van der Waals surface area contributed by atoms with E-state index in [1.54, 1.807) is 6.07 Å². The molecule has 0 atom stereocenters. The van der Waals surface area contributed by atoms with Crippen LogP contribution < -0.4 is 11.1 Å². The third-order valence-corrected chi connectivity index (χ3v) is 1.48. The fourth-order valence-corrected chi connectivity index (χ4v) is 0.810. The van der Waals surface area contributed by atoms with Crippen LogP contribution in [0, 0.1) is 5.95 Å². The lowest BCUT2D eigenvalue weighted by Gasteiger charge is -2.19. The van der Waals surface area contributed by atoms with Gasteiger partial charge in [0.2, 0.25) is 5.95 Å². The van der Waals surface area contributed by atoms with Gasteiger partial charge in [-0.05, 0) is 26.0 Å². The van der Waals surface area contributed by atoms with Gasteiger partial charge in [0.15, 0.2) is 0 Å². The van der Waals surface area contributed by atoms with E-state index in [4.69, 9.17) is 5.73 Å². The lowest BCUT2D eigenvalue weighted by Crippen LogP contribution is -2.39. The zero-order valence-electron chi connectivity index (χ0n) is 7.84. The molecule has 0 aliphatic rings. The van der Waals surface area contributed by atoms with Crippen LogP contribution >= 0.6 is 0 Å². The van der Waals surface area contributed by atoms with Crippen LogP contribution in [0.3, 0.4) is 0 Å². The SMILES string of the molecule is CC(C)(N)CNc1ccc(F)nc1. The first-order valence-electron chi connectivity index (χ1n) is 4.12. The number of pyridine rings is 1. The lowest BCUT2D eigenvalue weighted by atomic mass is 10.1. The number of nitrogens with zero attached hydrogens (tertiary/aromatic N) is 1. The second-order valence-electron chi connectivity index (χ2n) is 3.71. The summed E-state index contributed by atoms with van der Waals surface area (Å²) < 4.78 is 12.4. The number of hydrogen-bond acceptors (Lipinski definition) is 3. The number of nitrogens with one attached hydrogen (secondary N) is 1. The van der Waals surface area contributed by atoms with Gasteiger partial charge in [0, 0.05) is 12.1 Å². The van der Waals surface area contributed by atoms with Gasteiger partial charge >= 0.3 is 0 Å². The molecule has 0 aromatic carbocycles. The van der Waals surface area contributed by atoms with E-state index in [1.165, 1.54) is 12.3 Å². The molecule has 1 heterocycles. The molecule has 0 fully saturated rings. The molecule has 72 valence electrons. The average Bonchev–Trinajstić information content (AvgIpc) is 2.02. The molecule has 13 heavy (non-hydrogen) atoms. The summed E-state index contributed by atoms with van der Waals surface area (Å²) in [5.74, 6) is -0.474. The number of halogens is 1. The molecular weight excluding hydrogens is 169 g/mol. The van der Waals surface area contributed by atoms with E-state index >= 15 is 0 Å². The van der Waals surface area contributed by atoms with E-state index in [-0.39, 0.29) is 5.54 Å². The molecule has 3 nitrogen and oxygen atoms in total. The molecule has 1 rings (SSSR count). The molecule has 3 N–H and O–H groups in total. The monoisotopic (exact) mass is 183 g/mol. The van der Waals surface area contributed by atoms with E-state index in [0.29, 0.717) is 6.54 Å². The van der Waals surface area contributed by atoms with E-state index in [1.807, 2.05) is 13.8 Å². The topological polar surface area (TPSA) is 50.9 Å². The number of nitrogens with two attached hydrogens (primary N) is 1. The van der Waals surface area contributed by atoms with E-state index in [2.05, 4.69) is 10.3 Å². The van der Waals surface area contributed by atoms with Gasteiger partial charge in [-0.3, -0.25) is 0 Å². The minimum atomic E-state index is -0.474. The zero-order chi connectivity index (χ0) is 9.90. The molecule has 0 amide bonds. The Morgan fingerprint density at radius 2 is 2.23 bits per heavy atom. The highest BCUT2D eigenvalue weighted by Gasteiger charge is 2.09. The van der Waals surface area contributed by atoms with Gasteiger partial charge in [-0.1, -0.05) is 0 Å². The molecule has 0 bridgehead atoms. The summed E-state index contributed by atoms with van der Waals surface area (Å²) >= 11 is 0. The predicted octanol–water partition coefficient (Wildman–Crippen LogP) is 1.37. The third-order valence-electron chi connectivity index (χ3n) is 1.48. The third kappa shape index (κ3) is 3.85. The molecule has 0 aliphatic heterocycles. The van der Waals surface area contributed by atoms with Crippen molar-refractivity contribution >= 4 is 5.69 Å². The van der Waals surface area contributed by atoms with Crippen LogP contribution in [-0.2, 0) is 0 Å². The van der Waals surface area contributed by atoms with Crippen LogP contribution in [0.2, 0.25) is 0 Å². The standard InChI is InChI=1S/C9H14FN3/c1-9(2,11)6-13-7-3-4-8(10)12-5-7/h3-5,13H,6,11H2,1-2H3. The van der Waals surface area contributed by atoms with Crippen molar-refractivity contribution in [3.63, 3.8) is 0 Å². The largest absolute Gasteiger partial charge is 0.382 e. The highest BCUT2D eigenvalue weighted by atomic mass is 19.1. The van der Waals surface area contributed by atoms with Crippen molar-refractivity contribution < 1.29 is 4.39 Å². The van der Waals surface area contributed by atoms with Crippen LogP contribution in [0.5, 0.6) is 0 Å². The van der Waals surface area contributed by atoms with Gasteiger partial charge in [-0.15, -0.1) is 0 Å². The maximum atomic E-state index is 12.4. The van der Waals surface area contributed by atoms with Crippen LogP contribution in [0.1, 0.15) is 13.8 Å². The van der Waals surface area contributed by atoms with Gasteiger partial charge < -0.3 is 11.1 Å². The molecule has 0 radical (unpaired) electrons. The summed E-state index contributed by atoms with van der Waals surface area (Å²) in [6.45, 7) is 4.45. The van der Waals surface area contributed by atoms with Gasteiger partial charge in [0.1, 0.15) is 0 Å². The fraction of sp³-hybridized carbons (Fsp3) is 0.444. The fourth-order valence-electron chi connectivity index (χ4n) is 0.810. The number of aromatic nitrogens is 1. The maximum absolute atomic E-state index is 12.4. The van der Waals surface area contributed by atoms with Crippen molar-refractivity contribution in [1.82, 2.24) is 4.98 Å². The Morgan fingerprint density at radius 1 is 1.54 bits per heavy atom. The van der Waals surface area contributed by atoms with E-state index < -0.39 is 5.95 Å². The van der Waals surface area contributed by atoms with Crippen LogP contribution in [-0.4, -0.2) is 17.1 Å². The highest BCUT2D eigenvalue weighted by molar-refractivity contribution is 5.40. The first-order chi connectivity index (χ1) is 5.97. The Hall–Kier alpha value is -1.16. The molecule has 0 spiro atoms. The number of rotatable bonds is 3. The molecule has 1 aromatic rings. The number of hydrogen-bond donors (Lipinski definition) is 2. The number of anilines is 1. The minimum Gasteiger partial charge on any atom is -0.382 e. The average molecular weight is 183 g/mol. The van der Waals surface area contributed by atoms with Crippen molar-refractivity contribution in [1.29, 1.82) is 0 Å². The Bertz CT molecular complexity index is 263. The van der Waals surface area contributed by atoms with Crippen LogP contribution in [0.15, 0.2) is 18.3 Å². The Labute approximate surface area is 77.2 Å². The molecule has 1 aromatic heterocycles. The van der Waals surface area contributed by atoms with Gasteiger partial charge in [0.05, 0.1) is 11.9 Å². The van der Waals surface area contributed by atoms with Gasteiger partial charge in [-0.25, -0.2) is 4.98 Å². The summed E-state index contributed by atoms with van der Waals surface area (Å²) in [6, 6.07) is 2.94. The van der Waals surface area contributed by atoms with Gasteiger partial charge in [-0.2, -0.15) is 4.39 Å². The summed E-state index contributed by atoms with van der Waals surface area (Å²) in [4.78, 5) is 3.51. The Balaban J connectivity index is 2.51. The maximum Gasteiger partial charge on any atom is 0.212 e. The molecule has 0 saturated carbocycles. The Morgan fingerprint density at radius 3 is 2.69 bits per heavy atom. The second kappa shape index (κ2) is 3.70. The van der Waals surface area contributed by atoms with Gasteiger partial charge in [0.25, 0.3) is 0 Å². The van der Waals surface area contributed by atoms with Crippen molar-refractivity contribution in [3.8, 4) is 0 Å². The molecule has 0 aliphatic carbocycles. The molecular formula is C9H14FN3. The van der Waals surface area contributed by atoms with Crippen molar-refractivity contribution in [3.05, 3.63) is 24.3 Å². The first kappa shape index (κ1) is 9.92. The lowest BCUT2D eigenvalue weighted by molar-refractivity contribution is 0.548. The first-order valence-corrected chi connectivity index (χ1v) is 4.12. The van der Waals surface area contributed by atoms with Crippen LogP contribution in [0.25, 0.3) is 0 Å². The molecule has 0 unspecified atom stereocenters.